The van der Waals surface area contributed by atoms with E-state index >= 15 is 0 Å². The predicted octanol–water partition coefficient (Wildman–Crippen LogP) is 5.37. The Kier molecular flexibility index (Phi) is 13.6. The summed E-state index contributed by atoms with van der Waals surface area (Å²) in [5.74, 6) is -0.688. The molecule has 0 aliphatic heterocycles. The van der Waals surface area contributed by atoms with Crippen LogP contribution in [-0.2, 0) is 26.4 Å². The van der Waals surface area contributed by atoms with Crippen molar-refractivity contribution in [3.8, 4) is 17.6 Å². The molecule has 3 aromatic heterocycles. The van der Waals surface area contributed by atoms with Crippen LogP contribution in [0.4, 0.5) is 10.5 Å². The van der Waals surface area contributed by atoms with Crippen molar-refractivity contribution in [2.45, 2.75) is 55.9 Å². The fourth-order valence-corrected chi connectivity index (χ4v) is 8.87. The molecule has 57 heavy (non-hydrogen) atoms. The first-order chi connectivity index (χ1) is 27.5. The Bertz CT molecular complexity index is 2210. The SMILES string of the molecule is COc1cc(NC(=O)OCCN(C)C2CCC(OC(=O)C(O)(c3cccs3)c3cccs3)CC2)c(C#N)cc1CNCC(CO)c1ccc(O)c2[nH]c(=O)ccc12. The summed E-state index contributed by atoms with van der Waals surface area (Å²) in [5, 5.41) is 52.1. The van der Waals surface area contributed by atoms with Crippen molar-refractivity contribution in [2.24, 2.45) is 0 Å². The van der Waals surface area contributed by atoms with Gasteiger partial charge in [0.15, 0.2) is 0 Å². The quantitative estimate of drug-likeness (QED) is 0.0696. The number of aliphatic hydroxyl groups is 2. The van der Waals surface area contributed by atoms with Crippen molar-refractivity contribution in [3.05, 3.63) is 108 Å². The molecule has 0 saturated heterocycles. The number of nitrogens with one attached hydrogen (secondary N) is 3. The zero-order chi connectivity index (χ0) is 40.5. The average molecular weight is 816 g/mol. The van der Waals surface area contributed by atoms with Crippen LogP contribution in [0.25, 0.3) is 10.9 Å². The number of esters is 1. The van der Waals surface area contributed by atoms with Gasteiger partial charge in [0.05, 0.1) is 40.2 Å². The smallest absolute Gasteiger partial charge is 0.411 e. The first-order valence-electron chi connectivity index (χ1n) is 18.5. The average Bonchev–Trinajstić information content (AvgIpc) is 3.97. The maximum absolute atomic E-state index is 13.4. The van der Waals surface area contributed by atoms with Crippen LogP contribution >= 0.6 is 22.7 Å². The number of aromatic hydroxyl groups is 1. The number of hydrogen-bond acceptors (Lipinski definition) is 14. The van der Waals surface area contributed by atoms with Crippen LogP contribution < -0.4 is 20.9 Å². The fourth-order valence-electron chi connectivity index (χ4n) is 7.16. The number of anilines is 1. The van der Waals surface area contributed by atoms with E-state index in [4.69, 9.17) is 14.2 Å². The van der Waals surface area contributed by atoms with E-state index in [1.165, 1.54) is 41.9 Å². The lowest BCUT2D eigenvalue weighted by atomic mass is 9.91. The highest BCUT2D eigenvalue weighted by Crippen LogP contribution is 2.38. The standard InChI is InChI=1S/C41H45N5O9S2/c1-46(28-7-9-29(10-8-28)55-39(50)41(52,35-5-3-17-56-35)36-6-4-18-57-36)15-16-54-40(51)44-32-20-34(53-2)26(19-25(32)21-42)22-43-23-27(24-47)30-11-13-33(48)38-31(30)12-14-37(49)45-38/h3-6,11-14,17-20,27-29,43,47-48,52H,7-10,15-16,22-24H2,1-2H3,(H,44,51)(H,45,49). The molecule has 16 heteroatoms. The van der Waals surface area contributed by atoms with Gasteiger partial charge in [-0.3, -0.25) is 10.1 Å². The molecule has 1 saturated carbocycles. The van der Waals surface area contributed by atoms with Crippen LogP contribution in [-0.4, -0.2) is 89.9 Å². The van der Waals surface area contributed by atoms with Gasteiger partial charge in [0, 0.05) is 54.7 Å². The fraction of sp³-hybridized carbons (Fsp3) is 0.366. The molecule has 1 amide bonds. The summed E-state index contributed by atoms with van der Waals surface area (Å²) >= 11 is 2.62. The Morgan fingerprint density at radius 3 is 2.42 bits per heavy atom. The third-order valence-electron chi connectivity index (χ3n) is 10.3. The molecule has 2 aromatic carbocycles. The van der Waals surface area contributed by atoms with E-state index in [1.807, 2.05) is 17.8 Å². The first-order valence-corrected chi connectivity index (χ1v) is 20.2. The number of methoxy groups -OCH3 is 1. The van der Waals surface area contributed by atoms with Gasteiger partial charge in [-0.1, -0.05) is 18.2 Å². The third kappa shape index (κ3) is 9.48. The second kappa shape index (κ2) is 18.8. The van der Waals surface area contributed by atoms with Crippen molar-refractivity contribution < 1.29 is 39.1 Å². The number of carbonyl (C=O) groups excluding carboxylic acids is 2. The zero-order valence-electron chi connectivity index (χ0n) is 31.5. The van der Waals surface area contributed by atoms with Gasteiger partial charge in [0.25, 0.3) is 0 Å². The number of nitriles is 1. The van der Waals surface area contributed by atoms with Crippen LogP contribution in [0.2, 0.25) is 0 Å². The molecule has 6 rings (SSSR count). The van der Waals surface area contributed by atoms with Gasteiger partial charge < -0.3 is 44.7 Å². The normalized spacial score (nSPS) is 16.2. The largest absolute Gasteiger partial charge is 0.506 e. The molecule has 1 atom stereocenters. The highest BCUT2D eigenvalue weighted by Gasteiger charge is 2.45. The van der Waals surface area contributed by atoms with Crippen LogP contribution in [0.3, 0.4) is 0 Å². The summed E-state index contributed by atoms with van der Waals surface area (Å²) in [4.78, 5) is 43.8. The number of pyridine rings is 1. The highest BCUT2D eigenvalue weighted by atomic mass is 32.1. The molecule has 0 bridgehead atoms. The summed E-state index contributed by atoms with van der Waals surface area (Å²) in [6.45, 7) is 0.961. The van der Waals surface area contributed by atoms with E-state index in [0.29, 0.717) is 57.9 Å². The number of fused-ring (bicyclic) bond motifs is 1. The number of phenols is 1. The predicted molar refractivity (Wildman–Crippen MR) is 217 cm³/mol. The number of H-pyrrole nitrogens is 1. The summed E-state index contributed by atoms with van der Waals surface area (Å²) in [6.07, 6.45) is 1.76. The molecule has 1 unspecified atom stereocenters. The summed E-state index contributed by atoms with van der Waals surface area (Å²) in [6, 6.07) is 18.7. The van der Waals surface area contributed by atoms with Crippen molar-refractivity contribution in [3.63, 3.8) is 0 Å². The monoisotopic (exact) mass is 815 g/mol. The molecule has 3 heterocycles. The summed E-state index contributed by atoms with van der Waals surface area (Å²) < 4.78 is 16.9. The van der Waals surface area contributed by atoms with Crippen LogP contribution in [0, 0.1) is 11.3 Å². The molecule has 5 aromatic rings. The van der Waals surface area contributed by atoms with E-state index in [9.17, 15) is 35.0 Å². The number of aromatic amines is 1. The first kappa shape index (κ1) is 41.4. The molecule has 0 radical (unpaired) electrons. The number of benzene rings is 2. The number of hydrogen-bond donors (Lipinski definition) is 6. The minimum Gasteiger partial charge on any atom is -0.506 e. The number of aromatic nitrogens is 1. The molecule has 1 aliphatic carbocycles. The van der Waals surface area contributed by atoms with Gasteiger partial charge in [0.1, 0.15) is 30.3 Å². The van der Waals surface area contributed by atoms with Gasteiger partial charge in [0.2, 0.25) is 11.2 Å². The molecule has 0 spiro atoms. The lowest BCUT2D eigenvalue weighted by Gasteiger charge is -2.35. The lowest BCUT2D eigenvalue weighted by molar-refractivity contribution is -0.169. The zero-order valence-corrected chi connectivity index (χ0v) is 33.2. The number of amides is 1. The number of nitrogens with zero attached hydrogens (tertiary/aromatic N) is 2. The minimum absolute atomic E-state index is 0.0675. The van der Waals surface area contributed by atoms with Crippen LogP contribution in [0.15, 0.2) is 76.2 Å². The van der Waals surface area contributed by atoms with E-state index < -0.39 is 17.7 Å². The third-order valence-corrected chi connectivity index (χ3v) is 12.3. The Labute approximate surface area is 337 Å². The van der Waals surface area contributed by atoms with Crippen molar-refractivity contribution in [1.29, 1.82) is 5.26 Å². The number of aliphatic hydroxyl groups excluding tert-OH is 1. The number of ether oxygens (including phenoxy) is 3. The van der Waals surface area contributed by atoms with E-state index in [1.54, 1.807) is 48.5 Å². The Morgan fingerprint density at radius 2 is 1.79 bits per heavy atom. The van der Waals surface area contributed by atoms with Gasteiger partial charge in [-0.05, 0) is 79.4 Å². The van der Waals surface area contributed by atoms with Gasteiger partial charge in [-0.15, -0.1) is 22.7 Å². The number of phenolic OH excluding ortho intramolecular Hbond substituents is 1. The van der Waals surface area contributed by atoms with E-state index in [-0.39, 0.29) is 60.4 Å². The van der Waals surface area contributed by atoms with Crippen LogP contribution in [0.1, 0.15) is 58.0 Å². The molecule has 1 fully saturated rings. The Morgan fingerprint density at radius 1 is 1.07 bits per heavy atom. The van der Waals surface area contributed by atoms with Crippen molar-refractivity contribution in [2.75, 3.05) is 45.8 Å². The Hall–Kier alpha value is -5.28. The molecule has 14 nitrogen and oxygen atoms in total. The topological polar surface area (TPSA) is 206 Å². The molecule has 6 N–H and O–H groups in total. The summed E-state index contributed by atoms with van der Waals surface area (Å²) in [7, 11) is 3.43. The highest BCUT2D eigenvalue weighted by molar-refractivity contribution is 7.12. The number of likely N-dealkylation sites (N-methyl/N-ethyl adjacent to an activating group) is 1. The maximum Gasteiger partial charge on any atom is 0.411 e. The van der Waals surface area contributed by atoms with Crippen molar-refractivity contribution in [1.82, 2.24) is 15.2 Å². The van der Waals surface area contributed by atoms with Gasteiger partial charge in [-0.2, -0.15) is 5.26 Å². The van der Waals surface area contributed by atoms with Crippen molar-refractivity contribution >= 4 is 51.3 Å². The number of rotatable bonds is 16. The Balaban J connectivity index is 0.968. The van der Waals surface area contributed by atoms with E-state index in [0.717, 1.165) is 18.4 Å². The maximum atomic E-state index is 13.4. The van der Waals surface area contributed by atoms with E-state index in [2.05, 4.69) is 26.6 Å². The summed E-state index contributed by atoms with van der Waals surface area (Å²) in [5.41, 5.74) is -0.0722. The lowest BCUT2D eigenvalue weighted by Crippen LogP contribution is -2.42. The number of thiophene rings is 2. The number of carbonyl (C=O) groups is 2. The second-order valence-corrected chi connectivity index (χ2v) is 15.8. The van der Waals surface area contributed by atoms with Gasteiger partial charge >= 0.3 is 12.1 Å². The van der Waals surface area contributed by atoms with Gasteiger partial charge in [-0.25, -0.2) is 9.59 Å². The molecule has 300 valence electrons. The molecular weight excluding hydrogens is 771 g/mol. The van der Waals surface area contributed by atoms with Crippen LogP contribution in [0.5, 0.6) is 11.5 Å². The molecule has 1 aliphatic rings. The molecular formula is C41H45N5O9S2. The minimum atomic E-state index is -1.84. The second-order valence-electron chi connectivity index (χ2n) is 13.9.